The molecule has 0 atom stereocenters. The lowest BCUT2D eigenvalue weighted by Gasteiger charge is -2.28. The van der Waals surface area contributed by atoms with Crippen LogP contribution in [0.5, 0.6) is 34.5 Å². The normalized spacial score (nSPS) is 13.1. The van der Waals surface area contributed by atoms with Gasteiger partial charge in [0.15, 0.2) is 0 Å². The molecule has 0 unspecified atom stereocenters. The highest BCUT2D eigenvalue weighted by Gasteiger charge is 2.29. The number of hydrogen-bond donors (Lipinski definition) is 2. The summed E-state index contributed by atoms with van der Waals surface area (Å²) >= 11 is 0. The second-order valence-electron chi connectivity index (χ2n) is 23.0. The summed E-state index contributed by atoms with van der Waals surface area (Å²) in [6, 6.07) is 31.5. The summed E-state index contributed by atoms with van der Waals surface area (Å²) in [4.78, 5) is 23.1. The molecular weight excluding hydrogens is 873 g/mol. The number of hydrogen-bond acceptors (Lipinski definition) is 8. The van der Waals surface area contributed by atoms with Crippen LogP contribution in [0.2, 0.25) is 0 Å². The van der Waals surface area contributed by atoms with Gasteiger partial charge in [0.1, 0.15) is 73.5 Å². The lowest BCUT2D eigenvalue weighted by Crippen LogP contribution is -2.18. The number of carbonyl (C=O) groups excluding carboxylic acids is 2. The molecule has 0 spiro atoms. The van der Waals surface area contributed by atoms with Gasteiger partial charge in [-0.25, -0.2) is 0 Å². The summed E-state index contributed by atoms with van der Waals surface area (Å²) in [5.74, 6) is 2.96. The Balaban J connectivity index is 1.44. The summed E-state index contributed by atoms with van der Waals surface area (Å²) in [5, 5.41) is 25.3. The molecule has 0 radical (unpaired) electrons. The Bertz CT molecular complexity index is 2580. The molecule has 8 heteroatoms. The fourth-order valence-electron chi connectivity index (χ4n) is 8.98. The van der Waals surface area contributed by atoms with Crippen molar-refractivity contribution >= 4 is 12.6 Å². The molecule has 0 aromatic heterocycles. The summed E-state index contributed by atoms with van der Waals surface area (Å²) in [6.07, 6.45) is 3.09. The van der Waals surface area contributed by atoms with Crippen LogP contribution in [0.15, 0.2) is 97.1 Å². The van der Waals surface area contributed by atoms with Gasteiger partial charge in [0.2, 0.25) is 0 Å². The van der Waals surface area contributed by atoms with E-state index in [0.717, 1.165) is 79.3 Å². The van der Waals surface area contributed by atoms with E-state index in [1.54, 1.807) is 36.4 Å². The standard InChI is InChI=1S/C62H72O8/c1-59(2,3)49-29-41-25-45-33-51(61(7,8)9)35-47(57(45)69-21-19-67-53-17-13-15-39(23-53)37-63)27-43-31-50(60(4,5)6)32-44(56(43)66)28-48-36-52(62(10,11)12)34-46(26-42(30-49)55(41)65)58(48)70-22-20-68-54-18-14-16-40(24-54)38-64/h13-18,23-24,29-38,65-66H,19-22,25-28H2,1-12H3. The molecule has 0 amide bonds. The van der Waals surface area contributed by atoms with E-state index in [9.17, 15) is 19.8 Å². The number of benzene rings is 6. The van der Waals surface area contributed by atoms with Gasteiger partial charge in [0.05, 0.1) is 0 Å². The van der Waals surface area contributed by atoms with Gasteiger partial charge in [-0.15, -0.1) is 0 Å². The van der Waals surface area contributed by atoms with Gasteiger partial charge >= 0.3 is 0 Å². The predicted molar refractivity (Wildman–Crippen MR) is 281 cm³/mol. The maximum Gasteiger partial charge on any atom is 0.150 e. The highest BCUT2D eigenvalue weighted by atomic mass is 16.5. The summed E-state index contributed by atoms with van der Waals surface area (Å²) in [5.41, 5.74) is 11.2. The van der Waals surface area contributed by atoms with Crippen LogP contribution in [0.3, 0.4) is 0 Å². The summed E-state index contributed by atoms with van der Waals surface area (Å²) < 4.78 is 25.9. The van der Waals surface area contributed by atoms with E-state index in [1.807, 2.05) is 12.1 Å². The maximum atomic E-state index is 12.7. The molecule has 70 heavy (non-hydrogen) atoms. The first-order valence-electron chi connectivity index (χ1n) is 24.6. The fourth-order valence-corrected chi connectivity index (χ4v) is 8.98. The minimum atomic E-state index is -0.254. The van der Waals surface area contributed by atoms with Crippen LogP contribution in [0.1, 0.15) is 171 Å². The van der Waals surface area contributed by atoms with Crippen molar-refractivity contribution < 1.29 is 38.7 Å². The van der Waals surface area contributed by atoms with Crippen molar-refractivity contribution in [2.75, 3.05) is 26.4 Å². The van der Waals surface area contributed by atoms with E-state index in [0.29, 0.717) is 59.8 Å². The second kappa shape index (κ2) is 20.4. The molecule has 0 saturated carbocycles. The molecular formula is C62H72O8. The molecule has 7 rings (SSSR count). The average molecular weight is 945 g/mol. The van der Waals surface area contributed by atoms with Crippen LogP contribution in [0, 0.1) is 0 Å². The number of carbonyl (C=O) groups is 2. The molecule has 0 heterocycles. The molecule has 2 N–H and O–H groups in total. The third kappa shape index (κ3) is 12.2. The van der Waals surface area contributed by atoms with Crippen molar-refractivity contribution in [3.8, 4) is 34.5 Å². The number of aldehydes is 2. The third-order valence-electron chi connectivity index (χ3n) is 13.2. The monoisotopic (exact) mass is 945 g/mol. The van der Waals surface area contributed by atoms with Crippen molar-refractivity contribution in [1.82, 2.24) is 0 Å². The van der Waals surface area contributed by atoms with Crippen molar-refractivity contribution in [3.05, 3.63) is 175 Å². The molecule has 0 fully saturated rings. The van der Waals surface area contributed by atoms with E-state index in [-0.39, 0.29) is 59.6 Å². The Morgan fingerprint density at radius 1 is 0.386 bits per heavy atom. The summed E-state index contributed by atoms with van der Waals surface area (Å²) in [7, 11) is 0. The third-order valence-corrected chi connectivity index (χ3v) is 13.2. The van der Waals surface area contributed by atoms with E-state index >= 15 is 0 Å². The van der Waals surface area contributed by atoms with E-state index < -0.39 is 0 Å². The van der Waals surface area contributed by atoms with Crippen LogP contribution in [0.4, 0.5) is 0 Å². The topological polar surface area (TPSA) is 112 Å². The van der Waals surface area contributed by atoms with Crippen molar-refractivity contribution in [3.63, 3.8) is 0 Å². The van der Waals surface area contributed by atoms with Crippen molar-refractivity contribution in [1.29, 1.82) is 0 Å². The molecule has 8 bridgehead atoms. The van der Waals surface area contributed by atoms with Crippen molar-refractivity contribution in [2.24, 2.45) is 0 Å². The Labute approximate surface area is 416 Å². The zero-order valence-electron chi connectivity index (χ0n) is 43.4. The number of fused-ring (bicyclic) bond motifs is 8. The SMILES string of the molecule is CC(C)(C)c1cc2c(O)c(c1)Cc1cc(C(C)(C)C)cc(c1OCCOc1cccc(C=O)c1)Cc1cc(C(C)(C)C)cc(c1O)Cc1cc(C(C)(C)C)cc(c1OCCOc1cccc(C=O)c1)C2. The van der Waals surface area contributed by atoms with E-state index in [1.165, 1.54) is 0 Å². The molecule has 0 aliphatic heterocycles. The number of ether oxygens (including phenoxy) is 4. The Morgan fingerprint density at radius 2 is 0.643 bits per heavy atom. The fraction of sp³-hybridized carbons (Fsp3) is 0.387. The first kappa shape index (κ1) is 51.3. The van der Waals surface area contributed by atoms with E-state index in [4.69, 9.17) is 18.9 Å². The van der Waals surface area contributed by atoms with Gasteiger partial charge in [-0.1, -0.05) is 156 Å². The van der Waals surface area contributed by atoms with Gasteiger partial charge in [0.25, 0.3) is 0 Å². The lowest BCUT2D eigenvalue weighted by atomic mass is 9.79. The van der Waals surface area contributed by atoms with E-state index in [2.05, 4.69) is 132 Å². The number of phenolic OH excluding ortho intramolecular Hbond substituents is 2. The molecule has 6 aromatic carbocycles. The Kier molecular flexibility index (Phi) is 15.0. The minimum absolute atomic E-state index is 0.211. The summed E-state index contributed by atoms with van der Waals surface area (Å²) in [6.45, 7) is 27.2. The molecule has 1 aliphatic carbocycles. The molecule has 0 saturated heterocycles. The van der Waals surface area contributed by atoms with Gasteiger partial charge in [-0.3, -0.25) is 9.59 Å². The minimum Gasteiger partial charge on any atom is -0.507 e. The molecule has 6 aromatic rings. The molecule has 368 valence electrons. The number of aromatic hydroxyl groups is 2. The van der Waals surface area contributed by atoms with Gasteiger partial charge in [-0.05, 0) is 113 Å². The number of rotatable bonds is 12. The average Bonchev–Trinajstić information content (AvgIpc) is 3.28. The Hall–Kier alpha value is -6.54. The van der Waals surface area contributed by atoms with Gasteiger partial charge in [-0.2, -0.15) is 0 Å². The Morgan fingerprint density at radius 3 is 0.900 bits per heavy atom. The first-order valence-corrected chi connectivity index (χ1v) is 24.6. The van der Waals surface area contributed by atoms with Crippen LogP contribution < -0.4 is 18.9 Å². The lowest BCUT2D eigenvalue weighted by molar-refractivity contribution is 0.111. The van der Waals surface area contributed by atoms with Crippen LogP contribution >= 0.6 is 0 Å². The highest BCUT2D eigenvalue weighted by Crippen LogP contribution is 2.44. The molecule has 1 aliphatic rings. The highest BCUT2D eigenvalue weighted by molar-refractivity contribution is 5.76. The van der Waals surface area contributed by atoms with Crippen LogP contribution in [-0.2, 0) is 47.3 Å². The number of phenols is 2. The zero-order valence-corrected chi connectivity index (χ0v) is 43.4. The van der Waals surface area contributed by atoms with Gasteiger partial charge < -0.3 is 29.2 Å². The van der Waals surface area contributed by atoms with Crippen LogP contribution in [-0.4, -0.2) is 49.2 Å². The smallest absolute Gasteiger partial charge is 0.150 e. The maximum absolute atomic E-state index is 12.7. The first-order chi connectivity index (χ1) is 32.9. The van der Waals surface area contributed by atoms with Crippen molar-refractivity contribution in [2.45, 2.75) is 130 Å². The van der Waals surface area contributed by atoms with Crippen LogP contribution in [0.25, 0.3) is 0 Å². The quantitative estimate of drug-likeness (QED) is 0.0920. The predicted octanol–water partition coefficient (Wildman–Crippen LogP) is 13.5. The molecule has 8 nitrogen and oxygen atoms in total. The largest absolute Gasteiger partial charge is 0.507 e. The van der Waals surface area contributed by atoms with Gasteiger partial charge in [0, 0.05) is 36.8 Å². The second-order valence-corrected chi connectivity index (χ2v) is 23.0. The zero-order chi connectivity index (χ0) is 50.8.